The first-order chi connectivity index (χ1) is 9.37. The van der Waals surface area contributed by atoms with Crippen molar-refractivity contribution < 1.29 is 8.42 Å². The summed E-state index contributed by atoms with van der Waals surface area (Å²) in [5.74, 6) is 0. The average molecular weight is 374 g/mol. The zero-order valence-corrected chi connectivity index (χ0v) is 14.8. The molecule has 1 unspecified atom stereocenters. The predicted molar refractivity (Wildman–Crippen MR) is 89.0 cm³/mol. The van der Waals surface area contributed by atoms with E-state index in [0.29, 0.717) is 28.7 Å². The van der Waals surface area contributed by atoms with Gasteiger partial charge in [0.05, 0.1) is 4.90 Å². The molecule has 1 saturated heterocycles. The van der Waals surface area contributed by atoms with Crippen molar-refractivity contribution in [2.75, 3.05) is 13.1 Å². The van der Waals surface area contributed by atoms with E-state index in [4.69, 9.17) is 28.9 Å². The summed E-state index contributed by atoms with van der Waals surface area (Å²) >= 11 is 12.1. The van der Waals surface area contributed by atoms with Crippen LogP contribution in [0.3, 0.4) is 0 Å². The molecule has 0 aromatic heterocycles. The fourth-order valence-electron chi connectivity index (χ4n) is 2.43. The van der Waals surface area contributed by atoms with Gasteiger partial charge in [-0.05, 0) is 37.5 Å². The minimum Gasteiger partial charge on any atom is -0.329 e. The summed E-state index contributed by atoms with van der Waals surface area (Å²) in [6, 6.07) is 2.77. The van der Waals surface area contributed by atoms with Crippen molar-refractivity contribution in [2.45, 2.75) is 37.1 Å². The van der Waals surface area contributed by atoms with Gasteiger partial charge in [-0.3, -0.25) is 0 Å². The van der Waals surface area contributed by atoms with Crippen molar-refractivity contribution in [3.8, 4) is 0 Å². The monoisotopic (exact) mass is 372 g/mol. The smallest absolute Gasteiger partial charge is 0.243 e. The lowest BCUT2D eigenvalue weighted by atomic mass is 10.1. The van der Waals surface area contributed by atoms with Gasteiger partial charge in [-0.25, -0.2) is 8.42 Å². The molecule has 120 valence electrons. The van der Waals surface area contributed by atoms with E-state index in [0.717, 1.165) is 19.3 Å². The van der Waals surface area contributed by atoms with Crippen LogP contribution in [-0.2, 0) is 10.0 Å². The molecular formula is C13H19Cl3N2O2S. The Balaban J connectivity index is 0.00000220. The topological polar surface area (TPSA) is 63.4 Å². The minimum absolute atomic E-state index is 0. The van der Waals surface area contributed by atoms with Gasteiger partial charge < -0.3 is 5.73 Å². The second-order valence-electron chi connectivity index (χ2n) is 5.01. The van der Waals surface area contributed by atoms with Crippen LogP contribution in [0.25, 0.3) is 0 Å². The van der Waals surface area contributed by atoms with E-state index in [1.807, 2.05) is 0 Å². The molecular weight excluding hydrogens is 355 g/mol. The number of hydrogen-bond donors (Lipinski definition) is 1. The molecule has 8 heteroatoms. The third kappa shape index (κ3) is 3.84. The number of piperidine rings is 1. The van der Waals surface area contributed by atoms with Crippen LogP contribution >= 0.6 is 35.6 Å². The van der Waals surface area contributed by atoms with Crippen LogP contribution < -0.4 is 5.73 Å². The number of nitrogens with two attached hydrogens (primary N) is 1. The zero-order valence-electron chi connectivity index (χ0n) is 11.7. The maximum absolute atomic E-state index is 12.7. The predicted octanol–water partition coefficient (Wildman–Crippen LogP) is 3.23. The van der Waals surface area contributed by atoms with Gasteiger partial charge in [0.25, 0.3) is 0 Å². The van der Waals surface area contributed by atoms with Crippen LogP contribution in [0, 0.1) is 6.92 Å². The van der Waals surface area contributed by atoms with E-state index >= 15 is 0 Å². The normalized spacial score (nSPS) is 20.1. The van der Waals surface area contributed by atoms with Crippen molar-refractivity contribution in [1.82, 2.24) is 4.31 Å². The van der Waals surface area contributed by atoms with Crippen molar-refractivity contribution >= 4 is 45.6 Å². The molecule has 0 radical (unpaired) electrons. The number of benzene rings is 1. The van der Waals surface area contributed by atoms with Crippen LogP contribution in [0.2, 0.25) is 10.0 Å². The summed E-state index contributed by atoms with van der Waals surface area (Å²) in [7, 11) is -3.60. The summed E-state index contributed by atoms with van der Waals surface area (Å²) in [5, 5.41) is 0.717. The van der Waals surface area contributed by atoms with Crippen molar-refractivity contribution in [3.05, 3.63) is 27.7 Å². The van der Waals surface area contributed by atoms with E-state index < -0.39 is 10.0 Å². The molecule has 21 heavy (non-hydrogen) atoms. The Bertz CT molecular complexity index is 584. The van der Waals surface area contributed by atoms with Gasteiger partial charge in [0, 0.05) is 29.2 Å². The van der Waals surface area contributed by atoms with Gasteiger partial charge >= 0.3 is 0 Å². The Hall–Kier alpha value is -0.0400. The van der Waals surface area contributed by atoms with Crippen LogP contribution in [0.1, 0.15) is 24.8 Å². The molecule has 0 spiro atoms. The number of rotatable bonds is 3. The number of sulfonamides is 1. The average Bonchev–Trinajstić information content (AvgIpc) is 2.44. The van der Waals surface area contributed by atoms with Gasteiger partial charge in [-0.2, -0.15) is 4.31 Å². The maximum atomic E-state index is 12.7. The van der Waals surface area contributed by atoms with Crippen molar-refractivity contribution in [2.24, 2.45) is 5.73 Å². The lowest BCUT2D eigenvalue weighted by molar-refractivity contribution is 0.257. The molecule has 0 bridgehead atoms. The molecule has 1 fully saturated rings. The molecule has 0 aliphatic carbocycles. The third-order valence-corrected chi connectivity index (χ3v) is 6.42. The lowest BCUT2D eigenvalue weighted by Crippen LogP contribution is -2.47. The molecule has 1 heterocycles. The van der Waals surface area contributed by atoms with Crippen LogP contribution in [-0.4, -0.2) is 31.9 Å². The molecule has 1 aromatic carbocycles. The molecule has 1 aromatic rings. The highest BCUT2D eigenvalue weighted by Crippen LogP contribution is 2.31. The Morgan fingerprint density at radius 1 is 1.29 bits per heavy atom. The zero-order chi connectivity index (χ0) is 14.9. The third-order valence-electron chi connectivity index (χ3n) is 3.71. The first-order valence-corrected chi connectivity index (χ1v) is 8.75. The highest BCUT2D eigenvalue weighted by atomic mass is 35.5. The van der Waals surface area contributed by atoms with Crippen molar-refractivity contribution in [3.63, 3.8) is 0 Å². The van der Waals surface area contributed by atoms with Gasteiger partial charge in [0.1, 0.15) is 0 Å². The highest BCUT2D eigenvalue weighted by Gasteiger charge is 2.33. The van der Waals surface area contributed by atoms with Gasteiger partial charge in [-0.1, -0.05) is 29.6 Å². The van der Waals surface area contributed by atoms with Crippen LogP contribution in [0.4, 0.5) is 0 Å². The van der Waals surface area contributed by atoms with E-state index in [1.165, 1.54) is 16.4 Å². The molecule has 0 amide bonds. The summed E-state index contributed by atoms with van der Waals surface area (Å²) in [4.78, 5) is 0.137. The number of nitrogens with zero attached hydrogens (tertiary/aromatic N) is 1. The Morgan fingerprint density at radius 3 is 2.38 bits per heavy atom. The Labute approximate surface area is 142 Å². The molecule has 1 aliphatic heterocycles. The van der Waals surface area contributed by atoms with E-state index in [9.17, 15) is 8.42 Å². The number of halogens is 3. The highest BCUT2D eigenvalue weighted by molar-refractivity contribution is 7.89. The van der Waals surface area contributed by atoms with E-state index in [-0.39, 0.29) is 23.3 Å². The second-order valence-corrected chi connectivity index (χ2v) is 7.72. The first-order valence-electron chi connectivity index (χ1n) is 6.55. The summed E-state index contributed by atoms with van der Waals surface area (Å²) in [6.45, 7) is 2.57. The summed E-state index contributed by atoms with van der Waals surface area (Å²) in [5.41, 5.74) is 6.38. The molecule has 0 saturated carbocycles. The summed E-state index contributed by atoms with van der Waals surface area (Å²) in [6.07, 6.45) is 2.65. The quantitative estimate of drug-likeness (QED) is 0.884. The van der Waals surface area contributed by atoms with Gasteiger partial charge in [0.2, 0.25) is 10.0 Å². The maximum Gasteiger partial charge on any atom is 0.243 e. The SMILES string of the molecule is Cc1c(Cl)cc(S(=O)(=O)N2CCCCC2CN)cc1Cl.Cl. The van der Waals surface area contributed by atoms with Crippen LogP contribution in [0.15, 0.2) is 17.0 Å². The Kier molecular flexibility index (Phi) is 6.78. The first kappa shape index (κ1) is 19.0. The van der Waals surface area contributed by atoms with E-state index in [1.54, 1.807) is 6.92 Å². The molecule has 2 rings (SSSR count). The van der Waals surface area contributed by atoms with E-state index in [2.05, 4.69) is 0 Å². The molecule has 4 nitrogen and oxygen atoms in total. The molecule has 1 aliphatic rings. The standard InChI is InChI=1S/C13H18Cl2N2O2S.ClH/c1-9-12(14)6-11(7-13(9)15)20(18,19)17-5-3-2-4-10(17)8-16;/h6-7,10H,2-5,8,16H2,1H3;1H. The lowest BCUT2D eigenvalue weighted by Gasteiger charge is -2.34. The molecule has 1 atom stereocenters. The Morgan fingerprint density at radius 2 is 1.86 bits per heavy atom. The van der Waals surface area contributed by atoms with Crippen molar-refractivity contribution in [1.29, 1.82) is 0 Å². The van der Waals surface area contributed by atoms with Gasteiger partial charge in [0.15, 0.2) is 0 Å². The fraction of sp³-hybridized carbons (Fsp3) is 0.538. The largest absolute Gasteiger partial charge is 0.329 e. The second kappa shape index (κ2) is 7.49. The fourth-order valence-corrected chi connectivity index (χ4v) is 4.81. The molecule has 2 N–H and O–H groups in total. The summed E-state index contributed by atoms with van der Waals surface area (Å²) < 4.78 is 26.9. The minimum atomic E-state index is -3.60. The van der Waals surface area contributed by atoms with Crippen LogP contribution in [0.5, 0.6) is 0 Å². The number of hydrogen-bond acceptors (Lipinski definition) is 3. The van der Waals surface area contributed by atoms with Gasteiger partial charge in [-0.15, -0.1) is 12.4 Å².